The van der Waals surface area contributed by atoms with Crippen molar-refractivity contribution in [2.45, 2.75) is 12.5 Å². The van der Waals surface area contributed by atoms with Crippen LogP contribution in [0.3, 0.4) is 0 Å². The maximum atomic E-state index is 5.50. The summed E-state index contributed by atoms with van der Waals surface area (Å²) in [5.41, 5.74) is 0. The molecule has 1 atom stereocenters. The Morgan fingerprint density at radius 2 is 2.12 bits per heavy atom. The Bertz CT molecular complexity index is 477. The van der Waals surface area contributed by atoms with E-state index in [0.717, 1.165) is 58.3 Å². The zero-order valence-corrected chi connectivity index (χ0v) is 18.7. The second kappa shape index (κ2) is 12.9. The molecule has 0 spiro atoms. The molecule has 0 aromatic carbocycles. The van der Waals surface area contributed by atoms with E-state index in [2.05, 4.69) is 57.0 Å². The summed E-state index contributed by atoms with van der Waals surface area (Å²) in [6, 6.07) is 4.72. The molecule has 0 radical (unpaired) electrons. The molecular weight excluding hydrogens is 449 g/mol. The fourth-order valence-electron chi connectivity index (χ4n) is 2.80. The fourth-order valence-corrected chi connectivity index (χ4v) is 3.66. The van der Waals surface area contributed by atoms with Crippen LogP contribution in [-0.4, -0.2) is 82.8 Å². The van der Waals surface area contributed by atoms with Gasteiger partial charge in [-0.15, -0.1) is 35.3 Å². The summed E-state index contributed by atoms with van der Waals surface area (Å²) in [6.45, 7) is 6.47. The first-order chi connectivity index (χ1) is 11.7. The number of ether oxygens (including phenoxy) is 1. The van der Waals surface area contributed by atoms with Crippen molar-refractivity contribution in [3.05, 3.63) is 22.4 Å². The van der Waals surface area contributed by atoms with Crippen LogP contribution in [0, 0.1) is 0 Å². The fraction of sp³-hybridized carbons (Fsp3) is 0.706. The zero-order valence-electron chi connectivity index (χ0n) is 15.5. The molecule has 1 aliphatic rings. The minimum Gasteiger partial charge on any atom is -0.379 e. The number of rotatable bonds is 8. The predicted molar refractivity (Wildman–Crippen MR) is 117 cm³/mol. The third-order valence-electron chi connectivity index (χ3n) is 4.12. The maximum absolute atomic E-state index is 5.50. The van der Waals surface area contributed by atoms with E-state index in [4.69, 9.17) is 4.74 Å². The molecule has 6 nitrogen and oxygen atoms in total. The molecule has 0 amide bonds. The van der Waals surface area contributed by atoms with E-state index in [0.29, 0.717) is 6.04 Å². The van der Waals surface area contributed by atoms with E-state index in [1.807, 2.05) is 18.4 Å². The smallest absolute Gasteiger partial charge is 0.191 e. The summed E-state index contributed by atoms with van der Waals surface area (Å²) in [4.78, 5) is 10.4. The van der Waals surface area contributed by atoms with E-state index in [-0.39, 0.29) is 24.0 Å². The summed E-state index contributed by atoms with van der Waals surface area (Å²) in [6.07, 6.45) is 1.10. The SMILES string of the molecule is CN=C(NCCCN(C)C)NCC(c1cccs1)N1CCOCC1.I. The van der Waals surface area contributed by atoms with Crippen LogP contribution in [0.2, 0.25) is 0 Å². The van der Waals surface area contributed by atoms with Crippen LogP contribution < -0.4 is 10.6 Å². The number of aliphatic imine (C=N–C) groups is 1. The number of hydrogen-bond acceptors (Lipinski definition) is 5. The van der Waals surface area contributed by atoms with Crippen LogP contribution in [-0.2, 0) is 4.74 Å². The minimum absolute atomic E-state index is 0. The molecule has 0 aliphatic carbocycles. The van der Waals surface area contributed by atoms with Gasteiger partial charge in [0, 0.05) is 38.1 Å². The van der Waals surface area contributed by atoms with Gasteiger partial charge in [-0.05, 0) is 38.5 Å². The average Bonchev–Trinajstić information content (AvgIpc) is 3.12. The number of thiophene rings is 1. The van der Waals surface area contributed by atoms with Crippen molar-refractivity contribution in [1.29, 1.82) is 0 Å². The van der Waals surface area contributed by atoms with Crippen molar-refractivity contribution in [1.82, 2.24) is 20.4 Å². The monoisotopic (exact) mass is 481 g/mol. The number of hydrogen-bond donors (Lipinski definition) is 2. The normalized spacial score (nSPS) is 17.2. The van der Waals surface area contributed by atoms with Gasteiger partial charge in [0.25, 0.3) is 0 Å². The van der Waals surface area contributed by atoms with Gasteiger partial charge in [0.1, 0.15) is 0 Å². The van der Waals surface area contributed by atoms with Gasteiger partial charge in [-0.25, -0.2) is 0 Å². The molecule has 8 heteroatoms. The van der Waals surface area contributed by atoms with Crippen molar-refractivity contribution < 1.29 is 4.74 Å². The second-order valence-electron chi connectivity index (χ2n) is 6.22. The number of morpholine rings is 1. The largest absolute Gasteiger partial charge is 0.379 e. The highest BCUT2D eigenvalue weighted by molar-refractivity contribution is 14.0. The Labute approximate surface area is 173 Å². The maximum Gasteiger partial charge on any atom is 0.191 e. The van der Waals surface area contributed by atoms with Crippen LogP contribution in [0.4, 0.5) is 0 Å². The first-order valence-corrected chi connectivity index (χ1v) is 9.53. The molecule has 2 heterocycles. The molecule has 144 valence electrons. The first kappa shape index (κ1) is 22.6. The Morgan fingerprint density at radius 1 is 1.36 bits per heavy atom. The van der Waals surface area contributed by atoms with Gasteiger partial charge in [-0.3, -0.25) is 9.89 Å². The lowest BCUT2D eigenvalue weighted by molar-refractivity contribution is 0.0177. The van der Waals surface area contributed by atoms with Crippen LogP contribution in [0.5, 0.6) is 0 Å². The summed E-state index contributed by atoms with van der Waals surface area (Å²) < 4.78 is 5.50. The van der Waals surface area contributed by atoms with Crippen molar-refractivity contribution >= 4 is 41.3 Å². The molecular formula is C17H32IN5OS. The van der Waals surface area contributed by atoms with Gasteiger partial charge in [0.05, 0.1) is 19.3 Å². The lowest BCUT2D eigenvalue weighted by Crippen LogP contribution is -2.46. The number of nitrogens with one attached hydrogen (secondary N) is 2. The second-order valence-corrected chi connectivity index (χ2v) is 7.20. The van der Waals surface area contributed by atoms with Gasteiger partial charge in [0.15, 0.2) is 5.96 Å². The number of guanidine groups is 1. The Balaban J connectivity index is 0.00000312. The summed E-state index contributed by atoms with van der Waals surface area (Å²) in [5.74, 6) is 0.878. The molecule has 2 rings (SSSR count). The molecule has 1 aromatic rings. The van der Waals surface area contributed by atoms with E-state index in [1.165, 1.54) is 4.88 Å². The standard InChI is InChI=1S/C17H31N5OS.HI/c1-18-17(19-7-5-8-21(2)3)20-14-15(16-6-4-13-24-16)22-9-11-23-12-10-22;/h4,6,13,15H,5,7-12,14H2,1-3H3,(H2,18,19,20);1H. The highest BCUT2D eigenvalue weighted by Gasteiger charge is 2.23. The number of halogens is 1. The average molecular weight is 481 g/mol. The van der Waals surface area contributed by atoms with E-state index in [1.54, 1.807) is 0 Å². The van der Waals surface area contributed by atoms with Gasteiger partial charge < -0.3 is 20.3 Å². The van der Waals surface area contributed by atoms with E-state index in [9.17, 15) is 0 Å². The number of nitrogens with zero attached hydrogens (tertiary/aromatic N) is 3. The van der Waals surface area contributed by atoms with Gasteiger partial charge >= 0.3 is 0 Å². The molecule has 25 heavy (non-hydrogen) atoms. The molecule has 0 saturated carbocycles. The van der Waals surface area contributed by atoms with Crippen molar-refractivity contribution in [2.24, 2.45) is 4.99 Å². The van der Waals surface area contributed by atoms with Gasteiger partial charge in [0.2, 0.25) is 0 Å². The molecule has 0 bridgehead atoms. The summed E-state index contributed by atoms with van der Waals surface area (Å²) in [7, 11) is 6.03. The minimum atomic E-state index is 0. The third kappa shape index (κ3) is 8.21. The van der Waals surface area contributed by atoms with Crippen molar-refractivity contribution in [3.8, 4) is 0 Å². The molecule has 1 aromatic heterocycles. The topological polar surface area (TPSA) is 52.1 Å². The molecule has 1 unspecified atom stereocenters. The van der Waals surface area contributed by atoms with Gasteiger partial charge in [-0.1, -0.05) is 6.07 Å². The highest BCUT2D eigenvalue weighted by atomic mass is 127. The van der Waals surface area contributed by atoms with Crippen molar-refractivity contribution in [2.75, 3.05) is 67.1 Å². The van der Waals surface area contributed by atoms with Crippen LogP contribution in [0.15, 0.2) is 22.5 Å². The predicted octanol–water partition coefficient (Wildman–Crippen LogP) is 1.86. The van der Waals surface area contributed by atoms with Crippen LogP contribution >= 0.6 is 35.3 Å². The lowest BCUT2D eigenvalue weighted by Gasteiger charge is -2.34. The summed E-state index contributed by atoms with van der Waals surface area (Å²) >= 11 is 1.82. The lowest BCUT2D eigenvalue weighted by atomic mass is 10.2. The zero-order chi connectivity index (χ0) is 17.2. The Morgan fingerprint density at radius 3 is 2.72 bits per heavy atom. The van der Waals surface area contributed by atoms with E-state index >= 15 is 0 Å². The Hall–Kier alpha value is -0.420. The molecule has 1 saturated heterocycles. The van der Waals surface area contributed by atoms with Crippen molar-refractivity contribution in [3.63, 3.8) is 0 Å². The summed E-state index contributed by atoms with van der Waals surface area (Å²) in [5, 5.41) is 9.04. The highest BCUT2D eigenvalue weighted by Crippen LogP contribution is 2.25. The van der Waals surface area contributed by atoms with E-state index < -0.39 is 0 Å². The first-order valence-electron chi connectivity index (χ1n) is 8.65. The molecule has 2 N–H and O–H groups in total. The van der Waals surface area contributed by atoms with Crippen LogP contribution in [0.1, 0.15) is 17.3 Å². The van der Waals surface area contributed by atoms with Gasteiger partial charge in [-0.2, -0.15) is 0 Å². The van der Waals surface area contributed by atoms with Crippen LogP contribution in [0.25, 0.3) is 0 Å². The molecule has 1 fully saturated rings. The third-order valence-corrected chi connectivity index (χ3v) is 5.09. The Kier molecular flexibility index (Phi) is 11.6. The molecule has 1 aliphatic heterocycles. The quantitative estimate of drug-likeness (QED) is 0.257.